The van der Waals surface area contributed by atoms with Gasteiger partial charge in [-0.25, -0.2) is 13.5 Å². The minimum Gasteiger partial charge on any atom is -0.495 e. The Hall–Kier alpha value is -3.03. The summed E-state index contributed by atoms with van der Waals surface area (Å²) in [6.07, 6.45) is 0. The molecule has 0 saturated carbocycles. The summed E-state index contributed by atoms with van der Waals surface area (Å²) in [5.74, 6) is -0.752. The number of anilines is 1. The number of carboxylic acids is 1. The first-order valence-electron chi connectivity index (χ1n) is 9.00. The second kappa shape index (κ2) is 8.14. The lowest BCUT2D eigenvalue weighted by atomic mass is 10.0. The Kier molecular flexibility index (Phi) is 5.42. The summed E-state index contributed by atoms with van der Waals surface area (Å²) < 4.78 is 23.9. The van der Waals surface area contributed by atoms with Crippen molar-refractivity contribution in [2.24, 2.45) is 0 Å². The number of benzene rings is 3. The fourth-order valence-corrected chi connectivity index (χ4v) is 4.08. The van der Waals surface area contributed by atoms with E-state index in [1.807, 2.05) is 0 Å². The summed E-state index contributed by atoms with van der Waals surface area (Å²) in [5.41, 5.74) is 5.42. The van der Waals surface area contributed by atoms with Gasteiger partial charge in [0.15, 0.2) is 0 Å². The molecule has 0 saturated heterocycles. The molecule has 2 N–H and O–H groups in total. The average Bonchev–Trinajstić information content (AvgIpc) is 3.14. The normalized spacial score (nSPS) is 13.2. The number of nitrogens with zero attached hydrogens (tertiary/aromatic N) is 1. The van der Waals surface area contributed by atoms with Crippen molar-refractivity contribution in [3.63, 3.8) is 0 Å². The van der Waals surface area contributed by atoms with E-state index in [1.54, 1.807) is 24.3 Å². The molecule has 148 valence electrons. The highest BCUT2D eigenvalue weighted by Crippen LogP contribution is 2.34. The molecule has 4 rings (SSSR count). The van der Waals surface area contributed by atoms with Crippen molar-refractivity contribution in [1.29, 1.82) is 0 Å². The van der Waals surface area contributed by atoms with Crippen LogP contribution in [0.4, 0.5) is 10.1 Å². The molecule has 1 heterocycles. The maximum absolute atomic E-state index is 13.2. The second-order valence-electron chi connectivity index (χ2n) is 6.70. The summed E-state index contributed by atoms with van der Waals surface area (Å²) in [6.45, 7) is 1.55. The van der Waals surface area contributed by atoms with Gasteiger partial charge in [-0.2, -0.15) is 0 Å². The summed E-state index contributed by atoms with van der Waals surface area (Å²) in [7, 11) is 1.51. The highest BCUT2D eigenvalue weighted by molar-refractivity contribution is 7.98. The molecule has 0 spiro atoms. The number of nitrogens with one attached hydrogen (secondary N) is 1. The Labute approximate surface area is 172 Å². The van der Waals surface area contributed by atoms with E-state index in [-0.39, 0.29) is 11.4 Å². The molecule has 7 heteroatoms. The minimum absolute atomic E-state index is 0.180. The third-order valence-corrected chi connectivity index (χ3v) is 5.64. The Balaban J connectivity index is 1.44. The number of carboxylic acid groups (broad SMARTS) is 1. The summed E-state index contributed by atoms with van der Waals surface area (Å²) in [4.78, 5) is 11.1. The van der Waals surface area contributed by atoms with Crippen molar-refractivity contribution in [2.45, 2.75) is 13.1 Å². The molecular weight excluding hydrogens is 391 g/mol. The predicted molar refractivity (Wildman–Crippen MR) is 112 cm³/mol. The van der Waals surface area contributed by atoms with E-state index in [9.17, 15) is 9.18 Å². The highest BCUT2D eigenvalue weighted by Gasteiger charge is 2.21. The largest absolute Gasteiger partial charge is 0.495 e. The van der Waals surface area contributed by atoms with Crippen molar-refractivity contribution < 1.29 is 19.0 Å². The molecular formula is C22H19FN2O3S. The van der Waals surface area contributed by atoms with Crippen LogP contribution in [-0.4, -0.2) is 22.5 Å². The standard InChI is InChI=1S/C22H19FN2O3S/c1-28-21-11-16(22(26)27)6-9-20(21)24-29-25-12-17-3-2-15(10-18(17)13-25)14-4-7-19(23)8-5-14/h2-11,24H,12-13H2,1H3,(H,26,27). The van der Waals surface area contributed by atoms with Gasteiger partial charge >= 0.3 is 5.97 Å². The first-order chi connectivity index (χ1) is 14.0. The van der Waals surface area contributed by atoms with Crippen LogP contribution in [-0.2, 0) is 13.1 Å². The van der Waals surface area contributed by atoms with Crippen molar-refractivity contribution >= 4 is 23.8 Å². The van der Waals surface area contributed by atoms with Gasteiger partial charge in [-0.3, -0.25) is 0 Å². The van der Waals surface area contributed by atoms with E-state index >= 15 is 0 Å². The van der Waals surface area contributed by atoms with Gasteiger partial charge in [-0.15, -0.1) is 0 Å². The summed E-state index contributed by atoms with van der Waals surface area (Å²) >= 11 is 1.45. The first kappa shape index (κ1) is 19.3. The van der Waals surface area contributed by atoms with Crippen molar-refractivity contribution in [1.82, 2.24) is 4.31 Å². The Morgan fingerprint density at radius 2 is 1.76 bits per heavy atom. The van der Waals surface area contributed by atoms with Crippen LogP contribution in [0.3, 0.4) is 0 Å². The fraction of sp³-hybridized carbons (Fsp3) is 0.136. The molecule has 3 aromatic carbocycles. The second-order valence-corrected chi connectivity index (χ2v) is 7.61. The number of hydrogen-bond donors (Lipinski definition) is 2. The van der Waals surface area contributed by atoms with Crippen LogP contribution in [0.25, 0.3) is 11.1 Å². The lowest BCUT2D eigenvalue weighted by Gasteiger charge is -2.16. The van der Waals surface area contributed by atoms with E-state index < -0.39 is 5.97 Å². The van der Waals surface area contributed by atoms with Gasteiger partial charge in [0.1, 0.15) is 11.6 Å². The van der Waals surface area contributed by atoms with Crippen LogP contribution in [0.1, 0.15) is 21.5 Å². The highest BCUT2D eigenvalue weighted by atomic mass is 32.2. The van der Waals surface area contributed by atoms with Crippen LogP contribution >= 0.6 is 12.1 Å². The SMILES string of the molecule is COc1cc(C(=O)O)ccc1NSN1Cc2ccc(-c3ccc(F)cc3)cc2C1. The minimum atomic E-state index is -0.991. The van der Waals surface area contributed by atoms with Crippen molar-refractivity contribution in [3.05, 3.63) is 83.2 Å². The number of hydrogen-bond acceptors (Lipinski definition) is 5. The predicted octanol–water partition coefficient (Wildman–Crippen LogP) is 5.19. The van der Waals surface area contributed by atoms with Crippen molar-refractivity contribution in [3.8, 4) is 16.9 Å². The van der Waals surface area contributed by atoms with Crippen LogP contribution in [0.15, 0.2) is 60.7 Å². The molecule has 0 amide bonds. The maximum atomic E-state index is 13.2. The Morgan fingerprint density at radius 3 is 2.48 bits per heavy atom. The van der Waals surface area contributed by atoms with Gasteiger partial charge < -0.3 is 14.6 Å². The third-order valence-electron chi connectivity index (χ3n) is 4.81. The lowest BCUT2D eigenvalue weighted by molar-refractivity contribution is 0.0696. The van der Waals surface area contributed by atoms with Crippen molar-refractivity contribution in [2.75, 3.05) is 11.8 Å². The zero-order chi connectivity index (χ0) is 20.4. The Morgan fingerprint density at radius 1 is 1.03 bits per heavy atom. The topological polar surface area (TPSA) is 61.8 Å². The fourth-order valence-electron chi connectivity index (χ4n) is 3.27. The summed E-state index contributed by atoms with van der Waals surface area (Å²) in [6, 6.07) is 17.6. The van der Waals surface area contributed by atoms with Gasteiger partial charge in [-0.1, -0.05) is 24.3 Å². The van der Waals surface area contributed by atoms with Gasteiger partial charge in [0, 0.05) is 25.2 Å². The van der Waals surface area contributed by atoms with Crippen LogP contribution in [0.5, 0.6) is 5.75 Å². The van der Waals surface area contributed by atoms with Gasteiger partial charge in [-0.05, 0) is 58.7 Å². The molecule has 0 atom stereocenters. The van der Waals surface area contributed by atoms with Gasteiger partial charge in [0.25, 0.3) is 0 Å². The molecule has 0 aliphatic carbocycles. The van der Waals surface area contributed by atoms with E-state index in [0.29, 0.717) is 11.4 Å². The van der Waals surface area contributed by atoms with E-state index in [1.165, 1.54) is 48.6 Å². The van der Waals surface area contributed by atoms with Crippen LogP contribution in [0.2, 0.25) is 0 Å². The zero-order valence-corrected chi connectivity index (χ0v) is 16.5. The zero-order valence-electron chi connectivity index (χ0n) is 15.7. The van der Waals surface area contributed by atoms with Gasteiger partial charge in [0.2, 0.25) is 0 Å². The molecule has 1 aliphatic rings. The number of carbonyl (C=O) groups is 1. The Bertz CT molecular complexity index is 1060. The number of rotatable bonds is 6. The number of aromatic carboxylic acids is 1. The van der Waals surface area contributed by atoms with Gasteiger partial charge in [0.05, 0.1) is 18.4 Å². The van der Waals surface area contributed by atoms with E-state index in [4.69, 9.17) is 9.84 Å². The molecule has 0 unspecified atom stereocenters. The van der Waals surface area contributed by atoms with E-state index in [0.717, 1.165) is 24.2 Å². The number of fused-ring (bicyclic) bond motifs is 1. The molecule has 5 nitrogen and oxygen atoms in total. The molecule has 29 heavy (non-hydrogen) atoms. The number of ether oxygens (including phenoxy) is 1. The monoisotopic (exact) mass is 410 g/mol. The third kappa shape index (κ3) is 4.21. The molecule has 0 fully saturated rings. The molecule has 1 aliphatic heterocycles. The quantitative estimate of drug-likeness (QED) is 0.546. The molecule has 0 bridgehead atoms. The van der Waals surface area contributed by atoms with Crippen LogP contribution < -0.4 is 9.46 Å². The lowest BCUT2D eigenvalue weighted by Crippen LogP contribution is -2.10. The van der Waals surface area contributed by atoms with E-state index in [2.05, 4.69) is 27.2 Å². The maximum Gasteiger partial charge on any atom is 0.335 e. The molecule has 0 aromatic heterocycles. The number of methoxy groups -OCH3 is 1. The average molecular weight is 410 g/mol. The van der Waals surface area contributed by atoms with Crippen LogP contribution in [0, 0.1) is 5.82 Å². The number of halogens is 1. The molecule has 0 radical (unpaired) electrons. The summed E-state index contributed by atoms with van der Waals surface area (Å²) in [5, 5.41) is 9.11. The smallest absolute Gasteiger partial charge is 0.335 e. The first-order valence-corrected chi connectivity index (χ1v) is 9.78. The molecule has 3 aromatic rings.